The highest BCUT2D eigenvalue weighted by Gasteiger charge is 2.74. The van der Waals surface area contributed by atoms with Gasteiger partial charge in [0.1, 0.15) is 29.9 Å². The molecule has 4 N–H and O–H groups in total. The molecular weight excluding hydrogens is 489 g/mol. The SMILES string of the molecule is C=CCOc1ccc([C@]2(O)NC(=O)N[C@@H](c3ccc(-c4ccc(Cl)cc4)o3)[C@@]2(O)C(F)(F)F)cc1. The number of amides is 2. The summed E-state index contributed by atoms with van der Waals surface area (Å²) in [5.41, 5.74) is -7.14. The first-order chi connectivity index (χ1) is 16.5. The lowest BCUT2D eigenvalue weighted by molar-refractivity contribution is -0.344. The number of halogens is 4. The molecule has 11 heteroatoms. The average Bonchev–Trinajstić information content (AvgIpc) is 3.30. The Kier molecular flexibility index (Phi) is 6.31. The van der Waals surface area contributed by atoms with Crippen LogP contribution in [0.5, 0.6) is 5.75 Å². The van der Waals surface area contributed by atoms with E-state index in [0.29, 0.717) is 10.6 Å². The Labute approximate surface area is 202 Å². The minimum Gasteiger partial charge on any atom is -0.490 e. The van der Waals surface area contributed by atoms with E-state index in [9.17, 15) is 28.2 Å². The van der Waals surface area contributed by atoms with Gasteiger partial charge in [0.15, 0.2) is 0 Å². The van der Waals surface area contributed by atoms with Gasteiger partial charge in [-0.2, -0.15) is 13.2 Å². The lowest BCUT2D eigenvalue weighted by atomic mass is 9.75. The number of alkyl halides is 3. The average molecular weight is 509 g/mol. The first kappa shape index (κ1) is 24.6. The van der Waals surface area contributed by atoms with Crippen molar-refractivity contribution < 1.29 is 37.3 Å². The number of urea groups is 1. The molecule has 0 aliphatic carbocycles. The smallest absolute Gasteiger partial charge is 0.424 e. The quantitative estimate of drug-likeness (QED) is 0.363. The second kappa shape index (κ2) is 8.95. The van der Waals surface area contributed by atoms with Crippen LogP contribution < -0.4 is 15.4 Å². The Morgan fingerprint density at radius 2 is 1.74 bits per heavy atom. The molecule has 1 fully saturated rings. The van der Waals surface area contributed by atoms with Crippen molar-refractivity contribution in [3.8, 4) is 17.1 Å². The fraction of sp³-hybridized carbons (Fsp3) is 0.208. The van der Waals surface area contributed by atoms with Crippen LogP contribution in [0.3, 0.4) is 0 Å². The van der Waals surface area contributed by atoms with Crippen LogP contribution >= 0.6 is 11.6 Å². The molecule has 0 unspecified atom stereocenters. The summed E-state index contributed by atoms with van der Waals surface area (Å²) in [5.74, 6) is 0.0264. The number of rotatable bonds is 6. The number of hydrogen-bond acceptors (Lipinski definition) is 5. The maximum atomic E-state index is 14.5. The molecule has 1 saturated heterocycles. The van der Waals surface area contributed by atoms with Gasteiger partial charge in [0.05, 0.1) is 0 Å². The molecule has 2 amide bonds. The molecule has 0 spiro atoms. The zero-order valence-electron chi connectivity index (χ0n) is 18.0. The molecule has 0 radical (unpaired) electrons. The number of furan rings is 1. The molecule has 7 nitrogen and oxygen atoms in total. The number of carbonyl (C=O) groups is 1. The lowest BCUT2D eigenvalue weighted by Gasteiger charge is -2.51. The second-order valence-electron chi connectivity index (χ2n) is 7.84. The predicted molar refractivity (Wildman–Crippen MR) is 121 cm³/mol. The normalized spacial score (nSPS) is 24.4. The maximum absolute atomic E-state index is 14.5. The topological polar surface area (TPSA) is 104 Å². The van der Waals surface area contributed by atoms with Gasteiger partial charge in [-0.1, -0.05) is 36.4 Å². The molecule has 3 aromatic rings. The fourth-order valence-corrected chi connectivity index (χ4v) is 4.03. The third kappa shape index (κ3) is 4.24. The highest BCUT2D eigenvalue weighted by molar-refractivity contribution is 6.30. The minimum atomic E-state index is -5.43. The number of ether oxygens (including phenoxy) is 1. The molecule has 1 aliphatic rings. The highest BCUT2D eigenvalue weighted by Crippen LogP contribution is 2.52. The van der Waals surface area contributed by atoms with Gasteiger partial charge in [-0.05, 0) is 48.5 Å². The maximum Gasteiger partial charge on any atom is 0.424 e. The molecule has 3 atom stereocenters. The Hall–Kier alpha value is -3.47. The summed E-state index contributed by atoms with van der Waals surface area (Å²) in [6.07, 6.45) is -3.96. The van der Waals surface area contributed by atoms with E-state index in [-0.39, 0.29) is 18.1 Å². The van der Waals surface area contributed by atoms with Crippen molar-refractivity contribution in [3.63, 3.8) is 0 Å². The molecule has 2 aromatic carbocycles. The minimum absolute atomic E-state index is 0.146. The molecule has 0 saturated carbocycles. The van der Waals surface area contributed by atoms with Crippen LogP contribution in [0.2, 0.25) is 5.02 Å². The van der Waals surface area contributed by atoms with Gasteiger partial charge in [-0.15, -0.1) is 0 Å². The van der Waals surface area contributed by atoms with Gasteiger partial charge < -0.3 is 30.0 Å². The van der Waals surface area contributed by atoms with Gasteiger partial charge in [0.25, 0.3) is 0 Å². The van der Waals surface area contributed by atoms with Crippen molar-refractivity contribution in [3.05, 3.63) is 89.7 Å². The standard InChI is InChI=1S/C24H20ClF3N2O5/c1-2-13-34-17-9-5-15(6-10-17)23(33)22(32,24(26,27)28)20(29-21(31)30-23)19-12-11-18(35-19)14-3-7-16(25)8-4-14/h2-12,20,32-33H,1,13H2,(H2,29,30,31)/t20-,22-,23+/m0/s1. The van der Waals surface area contributed by atoms with Crippen molar-refractivity contribution >= 4 is 17.6 Å². The number of nitrogens with one attached hydrogen (secondary N) is 2. The van der Waals surface area contributed by atoms with Crippen LogP contribution in [-0.2, 0) is 5.72 Å². The van der Waals surface area contributed by atoms with E-state index in [1.807, 2.05) is 10.6 Å². The van der Waals surface area contributed by atoms with Gasteiger partial charge >= 0.3 is 12.2 Å². The first-order valence-corrected chi connectivity index (χ1v) is 10.7. The Morgan fingerprint density at radius 1 is 1.09 bits per heavy atom. The number of aliphatic hydroxyl groups is 2. The molecule has 184 valence electrons. The summed E-state index contributed by atoms with van der Waals surface area (Å²) < 4.78 is 54.4. The Balaban J connectivity index is 1.79. The fourth-order valence-electron chi connectivity index (χ4n) is 3.90. The number of carbonyl (C=O) groups excluding carboxylic acids is 1. The zero-order chi connectivity index (χ0) is 25.4. The van der Waals surface area contributed by atoms with E-state index >= 15 is 0 Å². The largest absolute Gasteiger partial charge is 0.490 e. The summed E-state index contributed by atoms with van der Waals surface area (Å²) >= 11 is 5.87. The van der Waals surface area contributed by atoms with E-state index in [1.165, 1.54) is 30.3 Å². The Bertz CT molecular complexity index is 1230. The molecule has 35 heavy (non-hydrogen) atoms. The van der Waals surface area contributed by atoms with Crippen molar-refractivity contribution in [2.75, 3.05) is 6.61 Å². The third-order valence-electron chi connectivity index (χ3n) is 5.65. The van der Waals surface area contributed by atoms with Crippen molar-refractivity contribution in [2.45, 2.75) is 23.5 Å². The molecule has 1 aliphatic heterocycles. The van der Waals surface area contributed by atoms with Crippen LogP contribution in [0.25, 0.3) is 11.3 Å². The highest BCUT2D eigenvalue weighted by atomic mass is 35.5. The summed E-state index contributed by atoms with van der Waals surface area (Å²) in [6.45, 7) is 3.65. The molecular formula is C24H20ClF3N2O5. The van der Waals surface area contributed by atoms with Crippen molar-refractivity contribution in [1.29, 1.82) is 0 Å². The monoisotopic (exact) mass is 508 g/mol. The third-order valence-corrected chi connectivity index (χ3v) is 5.90. The molecule has 4 rings (SSSR count). The van der Waals surface area contributed by atoms with Crippen LogP contribution in [0.1, 0.15) is 17.4 Å². The van der Waals surface area contributed by atoms with Crippen molar-refractivity contribution in [1.82, 2.24) is 10.6 Å². The Morgan fingerprint density at radius 3 is 2.34 bits per heavy atom. The van der Waals surface area contributed by atoms with Gasteiger partial charge in [-0.3, -0.25) is 0 Å². The number of benzene rings is 2. The summed E-state index contributed by atoms with van der Waals surface area (Å²) in [7, 11) is 0. The first-order valence-electron chi connectivity index (χ1n) is 10.3. The second-order valence-corrected chi connectivity index (χ2v) is 8.28. The van der Waals surface area contributed by atoms with E-state index in [2.05, 4.69) is 6.58 Å². The van der Waals surface area contributed by atoms with E-state index in [4.69, 9.17) is 20.8 Å². The summed E-state index contributed by atoms with van der Waals surface area (Å²) in [5, 5.41) is 26.7. The summed E-state index contributed by atoms with van der Waals surface area (Å²) in [4.78, 5) is 12.4. The van der Waals surface area contributed by atoms with E-state index in [0.717, 1.165) is 12.1 Å². The van der Waals surface area contributed by atoms with Crippen molar-refractivity contribution in [2.24, 2.45) is 0 Å². The van der Waals surface area contributed by atoms with E-state index < -0.39 is 40.9 Å². The van der Waals surface area contributed by atoms with Gasteiger partial charge in [-0.25, -0.2) is 4.79 Å². The van der Waals surface area contributed by atoms with Gasteiger partial charge in [0.2, 0.25) is 11.3 Å². The molecule has 1 aromatic heterocycles. The molecule has 2 heterocycles. The predicted octanol–water partition coefficient (Wildman–Crippen LogP) is 4.66. The number of hydrogen-bond donors (Lipinski definition) is 4. The van der Waals surface area contributed by atoms with Gasteiger partial charge in [0, 0.05) is 16.1 Å². The lowest BCUT2D eigenvalue weighted by Crippen LogP contribution is -2.77. The molecule has 0 bridgehead atoms. The van der Waals surface area contributed by atoms with Crippen LogP contribution in [0.15, 0.2) is 77.7 Å². The summed E-state index contributed by atoms with van der Waals surface area (Å²) in [6, 6.07) is 10.3. The van der Waals surface area contributed by atoms with Crippen LogP contribution in [0, 0.1) is 0 Å². The van der Waals surface area contributed by atoms with Crippen LogP contribution in [0.4, 0.5) is 18.0 Å². The van der Waals surface area contributed by atoms with E-state index in [1.54, 1.807) is 24.3 Å². The zero-order valence-corrected chi connectivity index (χ0v) is 18.7. The van der Waals surface area contributed by atoms with Crippen LogP contribution in [-0.4, -0.2) is 34.6 Å².